The summed E-state index contributed by atoms with van der Waals surface area (Å²) in [4.78, 5) is 28.1. The fraction of sp³-hybridized carbons (Fsp3) is 0.308. The minimum absolute atomic E-state index is 0.0323. The second-order valence-corrected chi connectivity index (χ2v) is 4.93. The zero-order valence-electron chi connectivity index (χ0n) is 11.1. The van der Waals surface area contributed by atoms with Gasteiger partial charge in [-0.15, -0.1) is 0 Å². The van der Waals surface area contributed by atoms with Gasteiger partial charge >= 0.3 is 5.97 Å². The van der Waals surface area contributed by atoms with Crippen LogP contribution in [-0.4, -0.2) is 29.9 Å². The number of nitrogens with one attached hydrogen (secondary N) is 1. The van der Waals surface area contributed by atoms with E-state index in [2.05, 4.69) is 26.2 Å². The van der Waals surface area contributed by atoms with Crippen molar-refractivity contribution in [1.82, 2.24) is 10.3 Å². The van der Waals surface area contributed by atoms with Gasteiger partial charge in [-0.05, 0) is 35.8 Å². The number of aromatic nitrogens is 1. The fourth-order valence-corrected chi connectivity index (χ4v) is 1.88. The summed E-state index contributed by atoms with van der Waals surface area (Å²) in [6.45, 7) is 4.26. The van der Waals surface area contributed by atoms with Gasteiger partial charge in [0.2, 0.25) is 5.78 Å². The molecule has 0 aliphatic carbocycles. The molecule has 0 bridgehead atoms. The van der Waals surface area contributed by atoms with Crippen molar-refractivity contribution in [2.75, 3.05) is 13.2 Å². The summed E-state index contributed by atoms with van der Waals surface area (Å²) < 4.78 is 5.46. The minimum atomic E-state index is -0.700. The van der Waals surface area contributed by atoms with Crippen LogP contribution in [-0.2, 0) is 9.53 Å². The van der Waals surface area contributed by atoms with E-state index in [1.54, 1.807) is 6.92 Å². The third-order valence-corrected chi connectivity index (χ3v) is 2.98. The van der Waals surface area contributed by atoms with E-state index in [-0.39, 0.29) is 22.9 Å². The van der Waals surface area contributed by atoms with Crippen LogP contribution in [0.4, 0.5) is 0 Å². The van der Waals surface area contributed by atoms with Gasteiger partial charge in [-0.2, -0.15) is 0 Å². The molecule has 0 aliphatic rings. The van der Waals surface area contributed by atoms with E-state index in [9.17, 15) is 9.59 Å². The van der Waals surface area contributed by atoms with Gasteiger partial charge in [-0.3, -0.25) is 4.79 Å². The molecular formula is C13H14BrClN2O3. The maximum absolute atomic E-state index is 12.4. The van der Waals surface area contributed by atoms with E-state index >= 15 is 0 Å². The van der Waals surface area contributed by atoms with Crippen LogP contribution in [0.15, 0.2) is 28.5 Å². The standard InChI is InChI=1S/C13H14BrClN2O3/c1-3-16-7-10(13(19)20-4-2)11(18)9-5-8(14)6-17-12(9)15/h5-7,16H,3-4H2,1-2H3. The van der Waals surface area contributed by atoms with Crippen LogP contribution < -0.4 is 5.32 Å². The largest absolute Gasteiger partial charge is 0.462 e. The summed E-state index contributed by atoms with van der Waals surface area (Å²) in [6, 6.07) is 1.51. The second kappa shape index (κ2) is 8.01. The smallest absolute Gasteiger partial charge is 0.343 e. The number of ether oxygens (including phenoxy) is 1. The first-order valence-corrected chi connectivity index (χ1v) is 7.14. The van der Waals surface area contributed by atoms with Crippen LogP contribution in [0.25, 0.3) is 0 Å². The van der Waals surface area contributed by atoms with Gasteiger partial charge in [0.15, 0.2) is 0 Å². The molecule has 1 aromatic rings. The van der Waals surface area contributed by atoms with Crippen molar-refractivity contribution in [1.29, 1.82) is 0 Å². The first kappa shape index (κ1) is 16.7. The quantitative estimate of drug-likeness (QED) is 0.211. The molecule has 0 aliphatic heterocycles. The van der Waals surface area contributed by atoms with Crippen LogP contribution in [0.3, 0.4) is 0 Å². The Labute approximate surface area is 130 Å². The maximum atomic E-state index is 12.4. The van der Waals surface area contributed by atoms with Gasteiger partial charge < -0.3 is 10.1 Å². The molecule has 1 aromatic heterocycles. The first-order valence-electron chi connectivity index (χ1n) is 5.97. The van der Waals surface area contributed by atoms with Crippen LogP contribution in [0.5, 0.6) is 0 Å². The van der Waals surface area contributed by atoms with Crippen LogP contribution in [0.2, 0.25) is 5.15 Å². The SMILES string of the molecule is CCNC=C(C(=O)OCC)C(=O)c1cc(Br)cnc1Cl. The van der Waals surface area contributed by atoms with E-state index in [0.717, 1.165) is 0 Å². The molecule has 0 aromatic carbocycles. The van der Waals surface area contributed by atoms with E-state index in [0.29, 0.717) is 11.0 Å². The summed E-state index contributed by atoms with van der Waals surface area (Å²) in [5.74, 6) is -1.24. The topological polar surface area (TPSA) is 68.3 Å². The Hall–Kier alpha value is -1.40. The molecule has 5 nitrogen and oxygen atoms in total. The molecule has 0 amide bonds. The average Bonchev–Trinajstić information content (AvgIpc) is 2.42. The van der Waals surface area contributed by atoms with Gasteiger partial charge in [-0.25, -0.2) is 9.78 Å². The Morgan fingerprint density at radius 2 is 2.20 bits per heavy atom. The van der Waals surface area contributed by atoms with E-state index in [1.165, 1.54) is 18.5 Å². The number of carbonyl (C=O) groups is 2. The van der Waals surface area contributed by atoms with Gasteiger partial charge in [0.25, 0.3) is 0 Å². The van der Waals surface area contributed by atoms with Crippen molar-refractivity contribution in [2.45, 2.75) is 13.8 Å². The number of nitrogens with zero attached hydrogens (tertiary/aromatic N) is 1. The highest BCUT2D eigenvalue weighted by Gasteiger charge is 2.23. The molecule has 0 unspecified atom stereocenters. The monoisotopic (exact) mass is 360 g/mol. The van der Waals surface area contributed by atoms with Gasteiger partial charge in [0.1, 0.15) is 10.7 Å². The molecular weight excluding hydrogens is 348 g/mol. The van der Waals surface area contributed by atoms with E-state index in [1.807, 2.05) is 6.92 Å². The van der Waals surface area contributed by atoms with Crippen molar-refractivity contribution < 1.29 is 14.3 Å². The Balaban J connectivity index is 3.16. The van der Waals surface area contributed by atoms with Gasteiger partial charge in [0.05, 0.1) is 12.2 Å². The molecule has 0 saturated carbocycles. The molecule has 7 heteroatoms. The van der Waals surface area contributed by atoms with Gasteiger partial charge in [0, 0.05) is 23.4 Å². The number of carbonyl (C=O) groups excluding carboxylic acids is 2. The minimum Gasteiger partial charge on any atom is -0.462 e. The van der Waals surface area contributed by atoms with Crippen molar-refractivity contribution in [3.63, 3.8) is 0 Å². The Bertz CT molecular complexity index is 546. The normalized spacial score (nSPS) is 11.1. The van der Waals surface area contributed by atoms with Crippen LogP contribution in [0.1, 0.15) is 24.2 Å². The number of hydrogen-bond acceptors (Lipinski definition) is 5. The highest BCUT2D eigenvalue weighted by atomic mass is 79.9. The number of esters is 1. The zero-order valence-corrected chi connectivity index (χ0v) is 13.4. The summed E-state index contributed by atoms with van der Waals surface area (Å²) in [5, 5.41) is 2.85. The van der Waals surface area contributed by atoms with Crippen molar-refractivity contribution in [3.8, 4) is 0 Å². The molecule has 20 heavy (non-hydrogen) atoms. The lowest BCUT2D eigenvalue weighted by Crippen LogP contribution is -2.20. The number of pyridine rings is 1. The zero-order chi connectivity index (χ0) is 15.1. The van der Waals surface area contributed by atoms with E-state index in [4.69, 9.17) is 16.3 Å². The molecule has 1 rings (SSSR count). The van der Waals surface area contributed by atoms with Crippen molar-refractivity contribution >= 4 is 39.3 Å². The summed E-state index contributed by atoms with van der Waals surface area (Å²) >= 11 is 9.11. The van der Waals surface area contributed by atoms with Crippen molar-refractivity contribution in [2.24, 2.45) is 0 Å². The third kappa shape index (κ3) is 4.31. The highest BCUT2D eigenvalue weighted by molar-refractivity contribution is 9.10. The van der Waals surface area contributed by atoms with E-state index < -0.39 is 11.8 Å². The second-order valence-electron chi connectivity index (χ2n) is 3.66. The van der Waals surface area contributed by atoms with Crippen LogP contribution in [0, 0.1) is 0 Å². The lowest BCUT2D eigenvalue weighted by Gasteiger charge is -2.08. The van der Waals surface area contributed by atoms with Crippen LogP contribution >= 0.6 is 27.5 Å². The van der Waals surface area contributed by atoms with Gasteiger partial charge in [-0.1, -0.05) is 11.6 Å². The molecule has 1 heterocycles. The third-order valence-electron chi connectivity index (χ3n) is 2.24. The lowest BCUT2D eigenvalue weighted by atomic mass is 10.1. The fourth-order valence-electron chi connectivity index (χ4n) is 1.36. The first-order chi connectivity index (χ1) is 9.51. The molecule has 0 atom stereocenters. The highest BCUT2D eigenvalue weighted by Crippen LogP contribution is 2.21. The average molecular weight is 362 g/mol. The molecule has 108 valence electrons. The number of Topliss-reactive ketones (excluding diaryl/α,β-unsaturated/α-hetero) is 1. The molecule has 0 spiro atoms. The maximum Gasteiger partial charge on any atom is 0.343 e. The molecule has 0 radical (unpaired) electrons. The predicted octanol–water partition coefficient (Wildman–Crippen LogP) is 2.74. The predicted molar refractivity (Wildman–Crippen MR) is 79.7 cm³/mol. The molecule has 1 N–H and O–H groups in total. The number of hydrogen-bond donors (Lipinski definition) is 1. The lowest BCUT2D eigenvalue weighted by molar-refractivity contribution is -0.138. The Morgan fingerprint density at radius 3 is 2.80 bits per heavy atom. The number of halogens is 2. The molecule has 0 saturated heterocycles. The Kier molecular flexibility index (Phi) is 6.67. The number of rotatable bonds is 6. The van der Waals surface area contributed by atoms with Crippen molar-refractivity contribution in [3.05, 3.63) is 39.2 Å². The summed E-state index contributed by atoms with van der Waals surface area (Å²) in [5.41, 5.74) is 0.0220. The Morgan fingerprint density at radius 1 is 1.50 bits per heavy atom. The summed E-state index contributed by atoms with van der Waals surface area (Å²) in [6.07, 6.45) is 2.80. The number of ketones is 1. The summed E-state index contributed by atoms with van der Waals surface area (Å²) in [7, 11) is 0. The molecule has 0 fully saturated rings.